The molecule has 1 aliphatic heterocycles. The van der Waals surface area contributed by atoms with Crippen molar-refractivity contribution in [2.45, 2.75) is 38.8 Å². The quantitative estimate of drug-likeness (QED) is 0.743. The molecule has 2 atom stereocenters. The van der Waals surface area contributed by atoms with E-state index in [1.165, 1.54) is 0 Å². The van der Waals surface area contributed by atoms with Crippen LogP contribution in [0.5, 0.6) is 0 Å². The number of hydrogen-bond donors (Lipinski definition) is 1. The summed E-state index contributed by atoms with van der Waals surface area (Å²) in [6.07, 6.45) is 1.75. The molecule has 5 nitrogen and oxygen atoms in total. The molecule has 0 aliphatic carbocycles. The van der Waals surface area contributed by atoms with Gasteiger partial charge in [-0.3, -0.25) is 9.69 Å². The Labute approximate surface area is 110 Å². The number of carbonyl (C=O) groups is 1. The number of ether oxygens (including phenoxy) is 1. The summed E-state index contributed by atoms with van der Waals surface area (Å²) in [5.74, 6) is 0.0656. The third-order valence-corrected chi connectivity index (χ3v) is 3.79. The van der Waals surface area contributed by atoms with E-state index < -0.39 is 6.04 Å². The number of rotatable bonds is 6. The van der Waals surface area contributed by atoms with E-state index in [9.17, 15) is 4.79 Å². The lowest BCUT2D eigenvalue weighted by molar-refractivity contribution is -0.135. The van der Waals surface area contributed by atoms with Crippen LogP contribution >= 0.6 is 0 Å². The van der Waals surface area contributed by atoms with Crippen LogP contribution in [0.4, 0.5) is 0 Å². The van der Waals surface area contributed by atoms with Crippen molar-refractivity contribution < 1.29 is 9.53 Å². The smallest absolute Gasteiger partial charge is 0.239 e. The van der Waals surface area contributed by atoms with Gasteiger partial charge in [0.25, 0.3) is 0 Å². The zero-order chi connectivity index (χ0) is 13.5. The lowest BCUT2D eigenvalue weighted by Crippen LogP contribution is -2.54. The minimum absolute atomic E-state index is 0.0656. The molecule has 1 saturated heterocycles. The molecule has 1 fully saturated rings. The Hall–Kier alpha value is -0.650. The molecular weight excluding hydrogens is 230 g/mol. The van der Waals surface area contributed by atoms with E-state index in [0.29, 0.717) is 19.1 Å². The average Bonchev–Trinajstić information content (AvgIpc) is 2.43. The first-order valence-electron chi connectivity index (χ1n) is 6.87. The van der Waals surface area contributed by atoms with Crippen LogP contribution in [-0.4, -0.2) is 67.7 Å². The van der Waals surface area contributed by atoms with Gasteiger partial charge in [0.15, 0.2) is 0 Å². The summed E-state index contributed by atoms with van der Waals surface area (Å²) in [6, 6.07) is 0.185. The predicted octanol–water partition coefficient (Wildman–Crippen LogP) is 0.293. The highest BCUT2D eigenvalue weighted by Crippen LogP contribution is 2.10. The van der Waals surface area contributed by atoms with Crippen LogP contribution in [0.25, 0.3) is 0 Å². The summed E-state index contributed by atoms with van der Waals surface area (Å²) in [5, 5.41) is 0. The van der Waals surface area contributed by atoms with E-state index in [2.05, 4.69) is 18.7 Å². The van der Waals surface area contributed by atoms with E-state index in [0.717, 1.165) is 32.6 Å². The summed E-state index contributed by atoms with van der Waals surface area (Å²) in [5.41, 5.74) is 5.87. The van der Waals surface area contributed by atoms with Gasteiger partial charge in [-0.25, -0.2) is 0 Å². The summed E-state index contributed by atoms with van der Waals surface area (Å²) in [7, 11) is 1.63. The van der Waals surface area contributed by atoms with E-state index >= 15 is 0 Å². The molecule has 1 aliphatic rings. The highest BCUT2D eigenvalue weighted by atomic mass is 16.5. The fourth-order valence-electron chi connectivity index (χ4n) is 2.24. The Balaban J connectivity index is 2.35. The molecule has 0 aromatic carbocycles. The number of piperazine rings is 1. The Morgan fingerprint density at radius 2 is 1.94 bits per heavy atom. The van der Waals surface area contributed by atoms with E-state index in [1.807, 2.05) is 4.90 Å². The van der Waals surface area contributed by atoms with Gasteiger partial charge in [-0.2, -0.15) is 0 Å². The van der Waals surface area contributed by atoms with Crippen molar-refractivity contribution in [2.75, 3.05) is 39.9 Å². The minimum atomic E-state index is -0.417. The van der Waals surface area contributed by atoms with Gasteiger partial charge < -0.3 is 15.4 Å². The number of nitrogens with two attached hydrogens (primary N) is 1. The van der Waals surface area contributed by atoms with E-state index in [1.54, 1.807) is 7.11 Å². The second-order valence-electron chi connectivity index (χ2n) is 5.01. The molecule has 0 bridgehead atoms. The van der Waals surface area contributed by atoms with Crippen molar-refractivity contribution in [3.05, 3.63) is 0 Å². The fraction of sp³-hybridized carbons (Fsp3) is 0.923. The van der Waals surface area contributed by atoms with Crippen LogP contribution in [0.3, 0.4) is 0 Å². The number of hydrogen-bond acceptors (Lipinski definition) is 4. The Kier molecular flexibility index (Phi) is 6.60. The monoisotopic (exact) mass is 257 g/mol. The number of amides is 1. The van der Waals surface area contributed by atoms with Crippen LogP contribution in [-0.2, 0) is 9.53 Å². The molecule has 0 spiro atoms. The van der Waals surface area contributed by atoms with Crippen LogP contribution < -0.4 is 5.73 Å². The first-order valence-corrected chi connectivity index (χ1v) is 6.87. The second-order valence-corrected chi connectivity index (χ2v) is 5.01. The van der Waals surface area contributed by atoms with Crippen LogP contribution in [0.15, 0.2) is 0 Å². The summed E-state index contributed by atoms with van der Waals surface area (Å²) in [6.45, 7) is 8.48. The lowest BCUT2D eigenvalue weighted by Gasteiger charge is -2.38. The highest BCUT2D eigenvalue weighted by Gasteiger charge is 2.26. The van der Waals surface area contributed by atoms with Gasteiger partial charge in [0.05, 0.1) is 6.04 Å². The average molecular weight is 257 g/mol. The summed E-state index contributed by atoms with van der Waals surface area (Å²) in [4.78, 5) is 16.4. The molecule has 0 radical (unpaired) electrons. The van der Waals surface area contributed by atoms with Crippen LogP contribution in [0, 0.1) is 0 Å². The number of nitrogens with zero attached hydrogens (tertiary/aromatic N) is 2. The Morgan fingerprint density at radius 1 is 1.33 bits per heavy atom. The van der Waals surface area contributed by atoms with Crippen molar-refractivity contribution in [1.82, 2.24) is 9.80 Å². The SMILES string of the molecule is CCC(C)N1CCN(C(=O)C(N)CCOC)CC1. The molecule has 106 valence electrons. The number of methoxy groups -OCH3 is 1. The van der Waals surface area contributed by atoms with E-state index in [-0.39, 0.29) is 5.91 Å². The summed E-state index contributed by atoms with van der Waals surface area (Å²) >= 11 is 0. The molecule has 0 aromatic rings. The van der Waals surface area contributed by atoms with Gasteiger partial charge in [-0.1, -0.05) is 6.92 Å². The third kappa shape index (κ3) is 4.23. The standard InChI is InChI=1S/C13H27N3O2/c1-4-11(2)15-6-8-16(9-7-15)13(17)12(14)5-10-18-3/h11-12H,4-10,14H2,1-3H3. The van der Waals surface area contributed by atoms with Gasteiger partial charge in [-0.05, 0) is 19.8 Å². The Morgan fingerprint density at radius 3 is 2.44 bits per heavy atom. The van der Waals surface area contributed by atoms with Crippen molar-refractivity contribution in [1.29, 1.82) is 0 Å². The maximum Gasteiger partial charge on any atom is 0.239 e. The van der Waals surface area contributed by atoms with Crippen LogP contribution in [0.1, 0.15) is 26.7 Å². The molecule has 1 rings (SSSR count). The summed E-state index contributed by atoms with van der Waals surface area (Å²) < 4.78 is 4.95. The molecule has 5 heteroatoms. The van der Waals surface area contributed by atoms with Gasteiger partial charge in [0.2, 0.25) is 5.91 Å². The van der Waals surface area contributed by atoms with Crippen molar-refractivity contribution in [3.63, 3.8) is 0 Å². The molecule has 1 amide bonds. The molecular formula is C13H27N3O2. The zero-order valence-electron chi connectivity index (χ0n) is 11.9. The second kappa shape index (κ2) is 7.71. The van der Waals surface area contributed by atoms with Gasteiger partial charge in [-0.15, -0.1) is 0 Å². The molecule has 2 N–H and O–H groups in total. The topological polar surface area (TPSA) is 58.8 Å². The molecule has 18 heavy (non-hydrogen) atoms. The van der Waals surface area contributed by atoms with Gasteiger partial charge in [0.1, 0.15) is 0 Å². The maximum absolute atomic E-state index is 12.1. The minimum Gasteiger partial charge on any atom is -0.385 e. The van der Waals surface area contributed by atoms with Crippen molar-refractivity contribution >= 4 is 5.91 Å². The highest BCUT2D eigenvalue weighted by molar-refractivity contribution is 5.81. The zero-order valence-corrected chi connectivity index (χ0v) is 11.9. The molecule has 0 aromatic heterocycles. The maximum atomic E-state index is 12.1. The number of carbonyl (C=O) groups excluding carboxylic acids is 1. The van der Waals surface area contributed by atoms with Crippen molar-refractivity contribution in [2.24, 2.45) is 5.73 Å². The van der Waals surface area contributed by atoms with Crippen LogP contribution in [0.2, 0.25) is 0 Å². The Bertz CT molecular complexity index is 253. The normalized spacial score (nSPS) is 20.8. The largest absolute Gasteiger partial charge is 0.385 e. The predicted molar refractivity (Wildman–Crippen MR) is 72.4 cm³/mol. The first kappa shape index (κ1) is 15.4. The molecule has 2 unspecified atom stereocenters. The van der Waals surface area contributed by atoms with Gasteiger partial charge in [0, 0.05) is 45.9 Å². The fourth-order valence-corrected chi connectivity index (χ4v) is 2.24. The molecule has 0 saturated carbocycles. The lowest BCUT2D eigenvalue weighted by atomic mass is 10.1. The van der Waals surface area contributed by atoms with E-state index in [4.69, 9.17) is 10.5 Å². The molecule has 1 heterocycles. The third-order valence-electron chi connectivity index (χ3n) is 3.79. The first-order chi connectivity index (χ1) is 8.60. The van der Waals surface area contributed by atoms with Gasteiger partial charge >= 0.3 is 0 Å². The van der Waals surface area contributed by atoms with Crippen molar-refractivity contribution in [3.8, 4) is 0 Å².